The molecule has 0 aromatic carbocycles. The van der Waals surface area contributed by atoms with Crippen molar-refractivity contribution < 1.29 is 32.5 Å². The van der Waals surface area contributed by atoms with E-state index in [0.717, 1.165) is 6.07 Å². The molecule has 2 heterocycles. The van der Waals surface area contributed by atoms with Crippen LogP contribution < -0.4 is 9.64 Å². The summed E-state index contributed by atoms with van der Waals surface area (Å²) in [6, 6.07) is 1.00. The molecule has 158 valence electrons. The molecular formula is C18H26F3N3O4. The predicted molar refractivity (Wildman–Crippen MR) is 96.5 cm³/mol. The van der Waals surface area contributed by atoms with Crippen molar-refractivity contribution in [2.45, 2.75) is 39.0 Å². The number of aliphatic hydroxyl groups is 1. The maximum absolute atomic E-state index is 13.4. The number of aliphatic hydroxyl groups excluding tert-OH is 1. The number of hydrogen-bond acceptors (Lipinski definition) is 6. The van der Waals surface area contributed by atoms with Gasteiger partial charge in [-0.05, 0) is 26.8 Å². The van der Waals surface area contributed by atoms with E-state index in [1.54, 1.807) is 25.7 Å². The van der Waals surface area contributed by atoms with Gasteiger partial charge in [-0.15, -0.1) is 0 Å². The van der Waals surface area contributed by atoms with Crippen LogP contribution in [-0.4, -0.2) is 66.1 Å². The van der Waals surface area contributed by atoms with E-state index in [1.165, 1.54) is 11.1 Å². The van der Waals surface area contributed by atoms with E-state index in [4.69, 9.17) is 14.6 Å². The van der Waals surface area contributed by atoms with Crippen LogP contribution in [0.1, 0.15) is 32.8 Å². The number of aromatic nitrogens is 1. The van der Waals surface area contributed by atoms with E-state index in [-0.39, 0.29) is 19.6 Å². The molecule has 0 bridgehead atoms. The molecule has 1 saturated heterocycles. The van der Waals surface area contributed by atoms with Gasteiger partial charge < -0.3 is 24.4 Å². The van der Waals surface area contributed by atoms with Gasteiger partial charge in [-0.2, -0.15) is 13.2 Å². The number of carbonyl (C=O) groups is 1. The van der Waals surface area contributed by atoms with Crippen molar-refractivity contribution in [3.63, 3.8) is 0 Å². The smallest absolute Gasteiger partial charge is 0.421 e. The van der Waals surface area contributed by atoms with Crippen LogP contribution >= 0.6 is 0 Å². The van der Waals surface area contributed by atoms with Gasteiger partial charge in [0.05, 0.1) is 18.5 Å². The maximum atomic E-state index is 13.4. The summed E-state index contributed by atoms with van der Waals surface area (Å²) in [6.45, 7) is 6.49. The number of anilines is 1. The molecule has 0 spiro atoms. The van der Waals surface area contributed by atoms with Gasteiger partial charge >= 0.3 is 12.3 Å². The van der Waals surface area contributed by atoms with E-state index in [0.29, 0.717) is 31.9 Å². The van der Waals surface area contributed by atoms with Crippen LogP contribution in [0, 0.1) is 0 Å². The number of piperazine rings is 1. The molecule has 2 rings (SSSR count). The molecule has 7 nitrogen and oxygen atoms in total. The molecular weight excluding hydrogens is 379 g/mol. The third-order valence-electron chi connectivity index (χ3n) is 3.98. The first kappa shape index (κ1) is 22.1. The molecule has 1 aliphatic heterocycles. The Morgan fingerprint density at radius 1 is 1.21 bits per heavy atom. The lowest BCUT2D eigenvalue weighted by molar-refractivity contribution is -0.139. The Hall–Kier alpha value is -2.23. The number of ether oxygens (including phenoxy) is 2. The lowest BCUT2D eigenvalue weighted by Crippen LogP contribution is -2.50. The first-order valence-corrected chi connectivity index (χ1v) is 9.05. The number of halogens is 3. The molecule has 1 amide bonds. The van der Waals surface area contributed by atoms with E-state index in [9.17, 15) is 18.0 Å². The molecule has 0 saturated carbocycles. The van der Waals surface area contributed by atoms with Crippen LogP contribution in [0.25, 0.3) is 0 Å². The summed E-state index contributed by atoms with van der Waals surface area (Å²) < 4.78 is 50.5. The minimum absolute atomic E-state index is 0.0551. The first-order valence-electron chi connectivity index (χ1n) is 9.05. The largest absolute Gasteiger partial charge is 0.477 e. The molecule has 0 unspecified atom stereocenters. The summed E-state index contributed by atoms with van der Waals surface area (Å²) >= 11 is 0. The van der Waals surface area contributed by atoms with Crippen LogP contribution in [-0.2, 0) is 10.9 Å². The van der Waals surface area contributed by atoms with Gasteiger partial charge in [0.1, 0.15) is 11.2 Å². The van der Waals surface area contributed by atoms with E-state index in [2.05, 4.69) is 4.98 Å². The Bertz CT molecular complexity index is 669. The average Bonchev–Trinajstić information content (AvgIpc) is 2.60. The normalized spacial score (nSPS) is 15.5. The second kappa shape index (κ2) is 8.85. The molecule has 1 aliphatic rings. The fourth-order valence-corrected chi connectivity index (χ4v) is 2.64. The monoisotopic (exact) mass is 405 g/mol. The average molecular weight is 405 g/mol. The first-order chi connectivity index (χ1) is 13.0. The van der Waals surface area contributed by atoms with E-state index < -0.39 is 29.3 Å². The maximum Gasteiger partial charge on any atom is 0.421 e. The van der Waals surface area contributed by atoms with E-state index in [1.807, 2.05) is 0 Å². The molecule has 1 aromatic heterocycles. The Morgan fingerprint density at radius 3 is 2.39 bits per heavy atom. The van der Waals surface area contributed by atoms with Crippen LogP contribution in [0.15, 0.2) is 12.3 Å². The highest BCUT2D eigenvalue weighted by atomic mass is 19.4. The van der Waals surface area contributed by atoms with Gasteiger partial charge in [-0.25, -0.2) is 9.78 Å². The van der Waals surface area contributed by atoms with Gasteiger partial charge in [0, 0.05) is 39.2 Å². The zero-order valence-corrected chi connectivity index (χ0v) is 16.3. The number of alkyl halides is 3. The molecule has 0 aliphatic carbocycles. The Kier molecular flexibility index (Phi) is 6.97. The van der Waals surface area contributed by atoms with Crippen molar-refractivity contribution in [1.82, 2.24) is 9.88 Å². The van der Waals surface area contributed by atoms with E-state index >= 15 is 0 Å². The van der Waals surface area contributed by atoms with Crippen LogP contribution in [0.2, 0.25) is 0 Å². The SMILES string of the molecule is CC(C)(C)OC(=O)N1CCN(c2cnc(OCCCO)c(C(F)(F)F)c2)CC1. The summed E-state index contributed by atoms with van der Waals surface area (Å²) in [6.07, 6.45) is -3.51. The number of hydrogen-bond donors (Lipinski definition) is 1. The zero-order chi connectivity index (χ0) is 20.9. The minimum Gasteiger partial charge on any atom is -0.477 e. The summed E-state index contributed by atoms with van der Waals surface area (Å²) in [5.74, 6) is -0.503. The zero-order valence-electron chi connectivity index (χ0n) is 16.3. The Morgan fingerprint density at radius 2 is 1.86 bits per heavy atom. The molecule has 10 heteroatoms. The number of carbonyl (C=O) groups excluding carboxylic acids is 1. The number of nitrogens with zero attached hydrogens (tertiary/aromatic N) is 3. The van der Waals surface area contributed by atoms with Gasteiger partial charge in [-0.1, -0.05) is 0 Å². The summed E-state index contributed by atoms with van der Waals surface area (Å²) in [4.78, 5) is 19.2. The summed E-state index contributed by atoms with van der Waals surface area (Å²) in [5, 5.41) is 8.74. The number of rotatable bonds is 5. The second-order valence-electron chi connectivity index (χ2n) is 7.42. The van der Waals surface area contributed by atoms with Crippen LogP contribution in [0.5, 0.6) is 5.88 Å². The Labute approximate surface area is 162 Å². The number of pyridine rings is 1. The van der Waals surface area contributed by atoms with Gasteiger partial charge in [-0.3, -0.25) is 0 Å². The fourth-order valence-electron chi connectivity index (χ4n) is 2.64. The molecule has 1 fully saturated rings. The molecule has 1 N–H and O–H groups in total. The van der Waals surface area contributed by atoms with Crippen molar-refractivity contribution in [2.24, 2.45) is 0 Å². The van der Waals surface area contributed by atoms with Crippen molar-refractivity contribution in [3.05, 3.63) is 17.8 Å². The quantitative estimate of drug-likeness (QED) is 0.760. The molecule has 28 heavy (non-hydrogen) atoms. The highest BCUT2D eigenvalue weighted by molar-refractivity contribution is 5.68. The fraction of sp³-hybridized carbons (Fsp3) is 0.667. The molecule has 1 aromatic rings. The van der Waals surface area contributed by atoms with Crippen molar-refractivity contribution in [1.29, 1.82) is 0 Å². The van der Waals surface area contributed by atoms with Crippen LogP contribution in [0.3, 0.4) is 0 Å². The number of amides is 1. The third-order valence-corrected chi connectivity index (χ3v) is 3.98. The van der Waals surface area contributed by atoms with Crippen molar-refractivity contribution in [3.8, 4) is 5.88 Å². The van der Waals surface area contributed by atoms with Crippen molar-refractivity contribution >= 4 is 11.8 Å². The molecule has 0 radical (unpaired) electrons. The third kappa shape index (κ3) is 6.15. The second-order valence-corrected chi connectivity index (χ2v) is 7.42. The van der Waals surface area contributed by atoms with Gasteiger partial charge in [0.2, 0.25) is 5.88 Å². The topological polar surface area (TPSA) is 75.1 Å². The highest BCUT2D eigenvalue weighted by Gasteiger charge is 2.36. The van der Waals surface area contributed by atoms with Gasteiger partial charge in [0.25, 0.3) is 0 Å². The lowest BCUT2D eigenvalue weighted by Gasteiger charge is -2.36. The van der Waals surface area contributed by atoms with Gasteiger partial charge in [0.15, 0.2) is 0 Å². The highest BCUT2D eigenvalue weighted by Crippen LogP contribution is 2.37. The standard InChI is InChI=1S/C18H26F3N3O4/c1-17(2,3)28-16(26)24-7-5-23(6-8-24)13-11-14(18(19,20)21)15(22-12-13)27-10-4-9-25/h11-12,25H,4-10H2,1-3H3. The van der Waals surface area contributed by atoms with Crippen molar-refractivity contribution in [2.75, 3.05) is 44.3 Å². The minimum atomic E-state index is -4.62. The molecule has 0 atom stereocenters. The predicted octanol–water partition coefficient (Wildman–Crippen LogP) is 2.92. The Balaban J connectivity index is 2.07. The summed E-state index contributed by atoms with van der Waals surface area (Å²) in [5.41, 5.74) is -1.26. The summed E-state index contributed by atoms with van der Waals surface area (Å²) in [7, 11) is 0. The lowest BCUT2D eigenvalue weighted by atomic mass is 10.2. The van der Waals surface area contributed by atoms with Crippen LogP contribution in [0.4, 0.5) is 23.7 Å².